The van der Waals surface area contributed by atoms with Crippen LogP contribution >= 0.6 is 0 Å². The molecule has 0 aliphatic carbocycles. The zero-order valence-corrected chi connectivity index (χ0v) is 9.14. The van der Waals surface area contributed by atoms with Crippen LogP contribution in [-0.4, -0.2) is 12.8 Å². The van der Waals surface area contributed by atoms with Gasteiger partial charge in [-0.1, -0.05) is 29.8 Å². The molecule has 0 unspecified atom stereocenters. The van der Waals surface area contributed by atoms with E-state index in [2.05, 4.69) is 0 Å². The van der Waals surface area contributed by atoms with E-state index in [9.17, 15) is 13.2 Å². The zero-order valence-electron chi connectivity index (χ0n) is 9.14. The lowest BCUT2D eigenvalue weighted by atomic mass is 10.0. The second-order valence-corrected chi connectivity index (χ2v) is 3.35. The molecule has 0 fully saturated rings. The summed E-state index contributed by atoms with van der Waals surface area (Å²) in [4.78, 5) is 0. The molecule has 4 heteroatoms. The van der Waals surface area contributed by atoms with Gasteiger partial charge in [-0.2, -0.15) is 13.2 Å². The first-order chi connectivity index (χ1) is 7.45. The summed E-state index contributed by atoms with van der Waals surface area (Å²) in [6.45, 7) is 3.60. The number of hydrogen-bond donors (Lipinski definition) is 0. The summed E-state index contributed by atoms with van der Waals surface area (Å²) in [5.74, 6) is 0. The van der Waals surface area contributed by atoms with Crippen molar-refractivity contribution in [3.8, 4) is 0 Å². The van der Waals surface area contributed by atoms with Crippen LogP contribution in [0.1, 0.15) is 18.1 Å². The van der Waals surface area contributed by atoms with Crippen molar-refractivity contribution in [1.82, 2.24) is 0 Å². The molecule has 1 rings (SSSR count). The number of rotatable bonds is 3. The van der Waals surface area contributed by atoms with Crippen LogP contribution in [0, 0.1) is 6.92 Å². The molecule has 0 saturated heterocycles. The maximum Gasteiger partial charge on any atom is 0.419 e. The maximum absolute atomic E-state index is 12.7. The van der Waals surface area contributed by atoms with E-state index in [1.54, 1.807) is 26.0 Å². The number of halogens is 3. The lowest BCUT2D eigenvalue weighted by molar-refractivity contribution is -0.0703. The highest BCUT2D eigenvalue weighted by molar-refractivity contribution is 5.69. The summed E-state index contributed by atoms with van der Waals surface area (Å²) in [6, 6.07) is 6.25. The summed E-state index contributed by atoms with van der Waals surface area (Å²) in [6.07, 6.45) is -3.63. The second-order valence-electron chi connectivity index (χ2n) is 3.35. The van der Waals surface area contributed by atoms with Gasteiger partial charge in [0, 0.05) is 0 Å². The Morgan fingerprint density at radius 1 is 1.38 bits per heavy atom. The van der Waals surface area contributed by atoms with Crippen molar-refractivity contribution < 1.29 is 17.9 Å². The van der Waals surface area contributed by atoms with Gasteiger partial charge in [0.2, 0.25) is 0 Å². The van der Waals surface area contributed by atoms with E-state index in [0.29, 0.717) is 0 Å². The van der Waals surface area contributed by atoms with Gasteiger partial charge in [0.15, 0.2) is 0 Å². The Morgan fingerprint density at radius 3 is 2.56 bits per heavy atom. The fourth-order valence-corrected chi connectivity index (χ4v) is 1.28. The molecule has 0 amide bonds. The Hall–Kier alpha value is -1.45. The van der Waals surface area contributed by atoms with Crippen molar-refractivity contribution in [2.75, 3.05) is 6.61 Å². The highest BCUT2D eigenvalue weighted by atomic mass is 19.4. The van der Waals surface area contributed by atoms with Crippen LogP contribution in [0.3, 0.4) is 0 Å². The van der Waals surface area contributed by atoms with Crippen molar-refractivity contribution in [2.24, 2.45) is 0 Å². The summed E-state index contributed by atoms with van der Waals surface area (Å²) in [7, 11) is 0. The molecule has 0 aliphatic rings. The van der Waals surface area contributed by atoms with Crippen molar-refractivity contribution in [3.63, 3.8) is 0 Å². The van der Waals surface area contributed by atoms with Gasteiger partial charge in [-0.05, 0) is 19.4 Å². The molecule has 1 aromatic rings. The van der Waals surface area contributed by atoms with Crippen LogP contribution in [0.4, 0.5) is 13.2 Å². The van der Waals surface area contributed by atoms with Crippen molar-refractivity contribution >= 4 is 5.57 Å². The van der Waals surface area contributed by atoms with Crippen LogP contribution in [0.2, 0.25) is 0 Å². The van der Waals surface area contributed by atoms with Crippen LogP contribution in [-0.2, 0) is 4.74 Å². The van der Waals surface area contributed by atoms with Gasteiger partial charge in [0.25, 0.3) is 0 Å². The Labute approximate surface area is 92.5 Å². The number of ether oxygens (including phenoxy) is 1. The minimum Gasteiger partial charge on any atom is -0.501 e. The Morgan fingerprint density at radius 2 is 2.06 bits per heavy atom. The Balaban J connectivity index is 3.12. The van der Waals surface area contributed by atoms with Crippen LogP contribution in [0.25, 0.3) is 5.57 Å². The SMILES string of the molecule is CCO/C=C(/c1cccc(C)c1)C(F)(F)F. The molecule has 0 heterocycles. The van der Waals surface area contributed by atoms with E-state index in [1.165, 1.54) is 12.1 Å². The maximum atomic E-state index is 12.7. The molecule has 0 radical (unpaired) electrons. The number of aryl methyl sites for hydroxylation is 1. The van der Waals surface area contributed by atoms with Crippen LogP contribution < -0.4 is 0 Å². The summed E-state index contributed by atoms with van der Waals surface area (Å²) in [5.41, 5.74) is 0.156. The molecule has 0 N–H and O–H groups in total. The molecule has 0 aliphatic heterocycles. The number of allylic oxidation sites excluding steroid dienone is 1. The molecule has 0 aromatic heterocycles. The van der Waals surface area contributed by atoms with Crippen molar-refractivity contribution in [3.05, 3.63) is 41.7 Å². The van der Waals surface area contributed by atoms with Gasteiger partial charge in [0.05, 0.1) is 18.4 Å². The van der Waals surface area contributed by atoms with Gasteiger partial charge in [-0.15, -0.1) is 0 Å². The first kappa shape index (κ1) is 12.6. The van der Waals surface area contributed by atoms with Gasteiger partial charge < -0.3 is 4.74 Å². The van der Waals surface area contributed by atoms with Crippen molar-refractivity contribution in [1.29, 1.82) is 0 Å². The lowest BCUT2D eigenvalue weighted by Crippen LogP contribution is -2.11. The number of alkyl halides is 3. The predicted molar refractivity (Wildman–Crippen MR) is 56.8 cm³/mol. The van der Waals surface area contributed by atoms with Crippen LogP contribution in [0.15, 0.2) is 30.5 Å². The average Bonchev–Trinajstić information content (AvgIpc) is 2.16. The second kappa shape index (κ2) is 5.05. The molecule has 0 spiro atoms. The van der Waals surface area contributed by atoms with E-state index in [1.807, 2.05) is 0 Å². The largest absolute Gasteiger partial charge is 0.501 e. The molecule has 0 atom stereocenters. The molecule has 0 bridgehead atoms. The molecule has 0 saturated carbocycles. The topological polar surface area (TPSA) is 9.23 Å². The van der Waals surface area contributed by atoms with Gasteiger partial charge in [0.1, 0.15) is 0 Å². The molecular formula is C12H13F3O. The van der Waals surface area contributed by atoms with E-state index in [4.69, 9.17) is 4.74 Å². The van der Waals surface area contributed by atoms with Gasteiger partial charge >= 0.3 is 6.18 Å². The quantitative estimate of drug-likeness (QED) is 0.715. The normalized spacial score (nSPS) is 12.7. The smallest absolute Gasteiger partial charge is 0.419 e. The summed E-state index contributed by atoms with van der Waals surface area (Å²) < 4.78 is 42.9. The first-order valence-electron chi connectivity index (χ1n) is 4.91. The fourth-order valence-electron chi connectivity index (χ4n) is 1.28. The van der Waals surface area contributed by atoms with Crippen LogP contribution in [0.5, 0.6) is 0 Å². The molecule has 1 nitrogen and oxygen atoms in total. The van der Waals surface area contributed by atoms with E-state index < -0.39 is 11.7 Å². The van der Waals surface area contributed by atoms with E-state index >= 15 is 0 Å². The zero-order chi connectivity index (χ0) is 12.2. The predicted octanol–water partition coefficient (Wildman–Crippen LogP) is 3.93. The molecule has 1 aromatic carbocycles. The summed E-state index contributed by atoms with van der Waals surface area (Å²) in [5, 5.41) is 0. The minimum atomic E-state index is -4.40. The monoisotopic (exact) mass is 230 g/mol. The lowest BCUT2D eigenvalue weighted by Gasteiger charge is -2.12. The Kier molecular flexibility index (Phi) is 3.99. The molecule has 88 valence electrons. The molecular weight excluding hydrogens is 217 g/mol. The van der Waals surface area contributed by atoms with Gasteiger partial charge in [-0.25, -0.2) is 0 Å². The highest BCUT2D eigenvalue weighted by Gasteiger charge is 2.35. The van der Waals surface area contributed by atoms with Gasteiger partial charge in [-0.3, -0.25) is 0 Å². The third kappa shape index (κ3) is 3.29. The third-order valence-corrected chi connectivity index (χ3v) is 2.00. The fraction of sp³-hybridized carbons (Fsp3) is 0.333. The summed E-state index contributed by atoms with van der Waals surface area (Å²) >= 11 is 0. The first-order valence-corrected chi connectivity index (χ1v) is 4.91. The third-order valence-electron chi connectivity index (χ3n) is 2.00. The number of hydrogen-bond acceptors (Lipinski definition) is 1. The van der Waals surface area contributed by atoms with E-state index in [0.717, 1.165) is 11.8 Å². The average molecular weight is 230 g/mol. The van der Waals surface area contributed by atoms with Crippen molar-refractivity contribution in [2.45, 2.75) is 20.0 Å². The molecule has 16 heavy (non-hydrogen) atoms. The highest BCUT2D eigenvalue weighted by Crippen LogP contribution is 2.34. The Bertz CT molecular complexity index is 380. The van der Waals surface area contributed by atoms with E-state index in [-0.39, 0.29) is 12.2 Å². The standard InChI is InChI=1S/C12H13F3O/c1-3-16-8-11(12(13,14)15)10-6-4-5-9(2)7-10/h4-8H,3H2,1-2H3/b11-8-. The number of benzene rings is 1. The minimum absolute atomic E-state index is 0.126.